The molecule has 5 heteroatoms. The van der Waals surface area contributed by atoms with Gasteiger partial charge in [0, 0.05) is 29.5 Å². The highest BCUT2D eigenvalue weighted by Crippen LogP contribution is 2.30. The van der Waals surface area contributed by atoms with Crippen molar-refractivity contribution in [2.24, 2.45) is 0 Å². The van der Waals surface area contributed by atoms with Gasteiger partial charge in [0.25, 0.3) is 0 Å². The molecule has 0 radical (unpaired) electrons. The first-order chi connectivity index (χ1) is 8.61. The monoisotopic (exact) mass is 272 g/mol. The van der Waals surface area contributed by atoms with Gasteiger partial charge in [-0.25, -0.2) is 8.78 Å². The maximum absolute atomic E-state index is 13.4. The average molecular weight is 273 g/mol. The SMILES string of the molecule is O=C(CCCCl)C1=Cc2cc(F)cc(F)c2OC1. The Morgan fingerprint density at radius 3 is 2.89 bits per heavy atom. The van der Waals surface area contributed by atoms with Crippen LogP contribution in [0.15, 0.2) is 17.7 Å². The maximum atomic E-state index is 13.4. The number of hydrogen-bond acceptors (Lipinski definition) is 2. The lowest BCUT2D eigenvalue weighted by atomic mass is 10.0. The summed E-state index contributed by atoms with van der Waals surface area (Å²) in [5.74, 6) is -1.16. The number of Topliss-reactive ketones (excluding diaryl/α,β-unsaturated/α-hetero) is 1. The van der Waals surface area contributed by atoms with Crippen LogP contribution in [0.2, 0.25) is 0 Å². The quantitative estimate of drug-likeness (QED) is 0.786. The number of rotatable bonds is 4. The van der Waals surface area contributed by atoms with Crippen molar-refractivity contribution in [1.29, 1.82) is 0 Å². The van der Waals surface area contributed by atoms with Crippen molar-refractivity contribution >= 4 is 23.5 Å². The molecule has 1 aliphatic heterocycles. The third-order valence-electron chi connectivity index (χ3n) is 2.63. The van der Waals surface area contributed by atoms with Crippen LogP contribution in [0.4, 0.5) is 8.78 Å². The fourth-order valence-electron chi connectivity index (χ4n) is 1.77. The number of benzene rings is 1. The predicted molar refractivity (Wildman–Crippen MR) is 64.8 cm³/mol. The van der Waals surface area contributed by atoms with Crippen molar-refractivity contribution in [2.75, 3.05) is 12.5 Å². The summed E-state index contributed by atoms with van der Waals surface area (Å²) in [5.41, 5.74) is 0.672. The van der Waals surface area contributed by atoms with E-state index in [0.717, 1.165) is 12.1 Å². The molecule has 0 bridgehead atoms. The molecule has 0 spiro atoms. The summed E-state index contributed by atoms with van der Waals surface area (Å²) in [5, 5.41) is 0. The standard InChI is InChI=1S/C13H11ClF2O2/c14-3-1-2-12(17)9-4-8-5-10(15)6-11(16)13(8)18-7-9/h4-6H,1-3,7H2. The second kappa shape index (κ2) is 5.48. The highest BCUT2D eigenvalue weighted by molar-refractivity contribution is 6.18. The van der Waals surface area contributed by atoms with E-state index in [1.807, 2.05) is 0 Å². The van der Waals surface area contributed by atoms with Crippen molar-refractivity contribution < 1.29 is 18.3 Å². The summed E-state index contributed by atoms with van der Waals surface area (Å²) in [4.78, 5) is 11.7. The van der Waals surface area contributed by atoms with Crippen LogP contribution in [0.25, 0.3) is 6.08 Å². The third kappa shape index (κ3) is 2.70. The summed E-state index contributed by atoms with van der Waals surface area (Å²) < 4.78 is 31.6. The number of carbonyl (C=O) groups excluding carboxylic acids is 1. The molecule has 0 N–H and O–H groups in total. The van der Waals surface area contributed by atoms with Gasteiger partial charge in [0.2, 0.25) is 0 Å². The van der Waals surface area contributed by atoms with E-state index in [-0.39, 0.29) is 23.7 Å². The summed E-state index contributed by atoms with van der Waals surface area (Å²) in [6.07, 6.45) is 2.36. The van der Waals surface area contributed by atoms with Crippen LogP contribution in [0.5, 0.6) is 5.75 Å². The lowest BCUT2D eigenvalue weighted by Gasteiger charge is -2.17. The van der Waals surface area contributed by atoms with Gasteiger partial charge in [-0.15, -0.1) is 11.6 Å². The van der Waals surface area contributed by atoms with E-state index in [9.17, 15) is 13.6 Å². The lowest BCUT2D eigenvalue weighted by molar-refractivity contribution is -0.115. The first-order valence-corrected chi connectivity index (χ1v) is 6.07. The fraction of sp³-hybridized carbons (Fsp3) is 0.308. The number of hydrogen-bond donors (Lipinski definition) is 0. The minimum Gasteiger partial charge on any atom is -0.485 e. The van der Waals surface area contributed by atoms with Crippen molar-refractivity contribution in [2.45, 2.75) is 12.8 Å². The zero-order valence-corrected chi connectivity index (χ0v) is 10.3. The Morgan fingerprint density at radius 2 is 2.17 bits per heavy atom. The average Bonchev–Trinajstić information content (AvgIpc) is 2.34. The number of carbonyl (C=O) groups is 1. The lowest BCUT2D eigenvalue weighted by Crippen LogP contribution is -2.16. The Bertz CT molecular complexity index is 512. The molecule has 1 aliphatic rings. The van der Waals surface area contributed by atoms with E-state index >= 15 is 0 Å². The van der Waals surface area contributed by atoms with Crippen molar-refractivity contribution in [1.82, 2.24) is 0 Å². The van der Waals surface area contributed by atoms with Gasteiger partial charge in [-0.2, -0.15) is 0 Å². The topological polar surface area (TPSA) is 26.3 Å². The molecule has 0 atom stereocenters. The molecule has 0 unspecified atom stereocenters. The van der Waals surface area contributed by atoms with Gasteiger partial charge in [-0.1, -0.05) is 0 Å². The highest BCUT2D eigenvalue weighted by Gasteiger charge is 2.20. The molecule has 0 aliphatic carbocycles. The Morgan fingerprint density at radius 1 is 1.39 bits per heavy atom. The van der Waals surface area contributed by atoms with Crippen LogP contribution < -0.4 is 4.74 Å². The van der Waals surface area contributed by atoms with Gasteiger partial charge < -0.3 is 4.74 Å². The van der Waals surface area contributed by atoms with Crippen molar-refractivity contribution in [3.63, 3.8) is 0 Å². The predicted octanol–water partition coefficient (Wildman–Crippen LogP) is 3.33. The second-order valence-corrected chi connectivity index (χ2v) is 4.36. The van der Waals surface area contributed by atoms with Gasteiger partial charge in [0.05, 0.1) is 0 Å². The van der Waals surface area contributed by atoms with E-state index in [0.29, 0.717) is 24.3 Å². The number of fused-ring (bicyclic) bond motifs is 1. The summed E-state index contributed by atoms with van der Waals surface area (Å²) in [6, 6.07) is 1.90. The van der Waals surface area contributed by atoms with Crippen molar-refractivity contribution in [3.05, 3.63) is 34.9 Å². The second-order valence-electron chi connectivity index (χ2n) is 3.98. The van der Waals surface area contributed by atoms with E-state index in [1.54, 1.807) is 0 Å². The number of ketones is 1. The summed E-state index contributed by atoms with van der Waals surface area (Å²) >= 11 is 5.51. The van der Waals surface area contributed by atoms with Gasteiger partial charge in [0.1, 0.15) is 12.4 Å². The van der Waals surface area contributed by atoms with Gasteiger partial charge >= 0.3 is 0 Å². The molecule has 96 valence electrons. The molecule has 2 nitrogen and oxygen atoms in total. The van der Waals surface area contributed by atoms with E-state index < -0.39 is 11.6 Å². The normalized spacial score (nSPS) is 13.6. The van der Waals surface area contributed by atoms with Crippen LogP contribution in [0.3, 0.4) is 0 Å². The fourth-order valence-corrected chi connectivity index (χ4v) is 1.90. The summed E-state index contributed by atoms with van der Waals surface area (Å²) in [6.45, 7) is 0.0106. The third-order valence-corrected chi connectivity index (χ3v) is 2.90. The van der Waals surface area contributed by atoms with Crippen LogP contribution in [-0.4, -0.2) is 18.3 Å². The molecule has 0 amide bonds. The van der Waals surface area contributed by atoms with Crippen LogP contribution in [0, 0.1) is 11.6 Å². The zero-order valence-electron chi connectivity index (χ0n) is 9.51. The van der Waals surface area contributed by atoms with E-state index in [2.05, 4.69) is 0 Å². The van der Waals surface area contributed by atoms with Crippen molar-refractivity contribution in [3.8, 4) is 5.75 Å². The first-order valence-electron chi connectivity index (χ1n) is 5.53. The molecule has 2 rings (SSSR count). The Labute approximate surface area is 108 Å². The largest absolute Gasteiger partial charge is 0.485 e. The van der Waals surface area contributed by atoms with Crippen LogP contribution >= 0.6 is 11.6 Å². The number of alkyl halides is 1. The highest BCUT2D eigenvalue weighted by atomic mass is 35.5. The Balaban J connectivity index is 2.27. The van der Waals surface area contributed by atoms with Gasteiger partial charge in [-0.3, -0.25) is 4.79 Å². The van der Waals surface area contributed by atoms with Crippen LogP contribution in [0.1, 0.15) is 18.4 Å². The molecule has 0 saturated heterocycles. The molecule has 1 aromatic rings. The molecule has 1 heterocycles. The minimum atomic E-state index is -0.756. The number of halogens is 3. The maximum Gasteiger partial charge on any atom is 0.168 e. The molecule has 0 aromatic heterocycles. The zero-order chi connectivity index (χ0) is 13.1. The Hall–Kier alpha value is -1.42. The van der Waals surface area contributed by atoms with E-state index in [1.165, 1.54) is 6.08 Å². The number of ether oxygens (including phenoxy) is 1. The van der Waals surface area contributed by atoms with Gasteiger partial charge in [-0.05, 0) is 18.6 Å². The smallest absolute Gasteiger partial charge is 0.168 e. The Kier molecular flexibility index (Phi) is 3.97. The molecular weight excluding hydrogens is 262 g/mol. The molecule has 0 saturated carbocycles. The summed E-state index contributed by atoms with van der Waals surface area (Å²) in [7, 11) is 0. The molecule has 1 aromatic carbocycles. The van der Waals surface area contributed by atoms with E-state index in [4.69, 9.17) is 16.3 Å². The molecular formula is C13H11ClF2O2. The first kappa shape index (κ1) is 13.0. The molecule has 18 heavy (non-hydrogen) atoms. The molecule has 0 fully saturated rings. The minimum absolute atomic E-state index is 0.00899. The van der Waals surface area contributed by atoms with Crippen LogP contribution in [-0.2, 0) is 4.79 Å². The van der Waals surface area contributed by atoms with Gasteiger partial charge in [0.15, 0.2) is 17.3 Å².